The number of imidazole rings is 1. The van der Waals surface area contributed by atoms with Crippen LogP contribution in [0, 0.1) is 6.92 Å². The highest BCUT2D eigenvalue weighted by atomic mass is 15.5. The van der Waals surface area contributed by atoms with Crippen LogP contribution in [0.2, 0.25) is 0 Å². The summed E-state index contributed by atoms with van der Waals surface area (Å²) in [6.45, 7) is 2.08. The smallest absolute Gasteiger partial charge is 0.139 e. The van der Waals surface area contributed by atoms with Gasteiger partial charge in [0, 0.05) is 18.1 Å². The lowest BCUT2D eigenvalue weighted by Crippen LogP contribution is -2.13. The van der Waals surface area contributed by atoms with Crippen LogP contribution in [0.1, 0.15) is 22.7 Å². The molecule has 0 spiro atoms. The lowest BCUT2D eigenvalue weighted by atomic mass is 9.98. The Morgan fingerprint density at radius 1 is 0.875 bits per heavy atom. The molecule has 0 saturated carbocycles. The molecule has 118 valence electrons. The van der Waals surface area contributed by atoms with Crippen molar-refractivity contribution in [3.05, 3.63) is 90.3 Å². The lowest BCUT2D eigenvalue weighted by molar-refractivity contribution is 0.570. The second-order valence-electron chi connectivity index (χ2n) is 5.66. The topological polar surface area (TPSA) is 61.4 Å². The van der Waals surface area contributed by atoms with E-state index in [2.05, 4.69) is 76.0 Å². The summed E-state index contributed by atoms with van der Waals surface area (Å²) in [5, 5.41) is 11.7. The molecule has 0 saturated heterocycles. The zero-order chi connectivity index (χ0) is 16.4. The van der Waals surface area contributed by atoms with Gasteiger partial charge in [0.25, 0.3) is 0 Å². The fraction of sp³-hybridized carbons (Fsp3) is 0.111. The molecule has 0 amide bonds. The minimum Gasteiger partial charge on any atom is -0.306 e. The number of rotatable bonds is 4. The quantitative estimate of drug-likeness (QED) is 0.581. The van der Waals surface area contributed by atoms with Gasteiger partial charge in [0.05, 0.1) is 6.33 Å². The van der Waals surface area contributed by atoms with E-state index in [1.807, 2.05) is 10.8 Å². The van der Waals surface area contributed by atoms with Gasteiger partial charge < -0.3 is 4.57 Å². The van der Waals surface area contributed by atoms with Crippen LogP contribution in [-0.2, 0) is 0 Å². The molecule has 0 aliphatic carbocycles. The maximum absolute atomic E-state index is 4.10. The third kappa shape index (κ3) is 2.69. The normalized spacial score (nSPS) is 12.2. The highest BCUT2D eigenvalue weighted by molar-refractivity contribution is 5.39. The summed E-state index contributed by atoms with van der Waals surface area (Å²) < 4.78 is 3.75. The van der Waals surface area contributed by atoms with Crippen LogP contribution >= 0.6 is 0 Å². The van der Waals surface area contributed by atoms with Crippen molar-refractivity contribution in [1.29, 1.82) is 0 Å². The Balaban J connectivity index is 1.75. The van der Waals surface area contributed by atoms with Crippen LogP contribution in [0.4, 0.5) is 0 Å². The number of tetrazole rings is 1. The molecule has 0 N–H and O–H groups in total. The van der Waals surface area contributed by atoms with Gasteiger partial charge in [-0.15, -0.1) is 5.10 Å². The van der Waals surface area contributed by atoms with Gasteiger partial charge in [-0.1, -0.05) is 42.0 Å². The van der Waals surface area contributed by atoms with Crippen LogP contribution in [0.3, 0.4) is 0 Å². The Morgan fingerprint density at radius 3 is 2.17 bits per heavy atom. The number of hydrogen-bond acceptors (Lipinski definition) is 4. The first-order valence-corrected chi connectivity index (χ1v) is 7.68. The summed E-state index contributed by atoms with van der Waals surface area (Å²) in [6.07, 6.45) is 7.13. The average Bonchev–Trinajstić information content (AvgIpc) is 3.31. The number of hydrogen-bond donors (Lipinski definition) is 0. The number of benzene rings is 2. The second-order valence-corrected chi connectivity index (χ2v) is 5.66. The Labute approximate surface area is 139 Å². The molecule has 6 heteroatoms. The highest BCUT2D eigenvalue weighted by Gasteiger charge is 2.17. The molecular weight excluding hydrogens is 300 g/mol. The third-order valence-electron chi connectivity index (χ3n) is 4.03. The van der Waals surface area contributed by atoms with Gasteiger partial charge in [-0.3, -0.25) is 0 Å². The van der Waals surface area contributed by atoms with Crippen LogP contribution < -0.4 is 0 Å². The molecule has 24 heavy (non-hydrogen) atoms. The van der Waals surface area contributed by atoms with Gasteiger partial charge in [0.15, 0.2) is 0 Å². The van der Waals surface area contributed by atoms with E-state index < -0.39 is 0 Å². The maximum Gasteiger partial charge on any atom is 0.139 e. The second kappa shape index (κ2) is 6.08. The summed E-state index contributed by atoms with van der Waals surface area (Å²) in [4.78, 5) is 4.08. The van der Waals surface area contributed by atoms with E-state index in [1.54, 1.807) is 23.5 Å². The summed E-state index contributed by atoms with van der Waals surface area (Å²) in [5.41, 5.74) is 4.55. The van der Waals surface area contributed by atoms with Crippen LogP contribution in [0.5, 0.6) is 0 Å². The molecule has 4 aromatic rings. The largest absolute Gasteiger partial charge is 0.306 e. The van der Waals surface area contributed by atoms with Crippen molar-refractivity contribution in [2.24, 2.45) is 0 Å². The first-order chi connectivity index (χ1) is 11.8. The predicted molar refractivity (Wildman–Crippen MR) is 89.8 cm³/mol. The van der Waals surface area contributed by atoms with Crippen LogP contribution in [-0.4, -0.2) is 29.8 Å². The Kier molecular flexibility index (Phi) is 3.63. The fourth-order valence-corrected chi connectivity index (χ4v) is 2.77. The summed E-state index contributed by atoms with van der Waals surface area (Å²) in [7, 11) is 0. The average molecular weight is 316 g/mol. The van der Waals surface area contributed by atoms with Gasteiger partial charge in [-0.05, 0) is 40.6 Å². The Hall–Kier alpha value is -3.28. The molecule has 1 unspecified atom stereocenters. The highest BCUT2D eigenvalue weighted by Crippen LogP contribution is 2.26. The van der Waals surface area contributed by atoms with E-state index >= 15 is 0 Å². The molecule has 6 nitrogen and oxygen atoms in total. The van der Waals surface area contributed by atoms with E-state index in [0.717, 1.165) is 16.8 Å². The SMILES string of the molecule is Cc1ccc(C(c2ccc(-n3ccnc3)cc2)n2cnnn2)cc1. The van der Waals surface area contributed by atoms with Crippen LogP contribution in [0.15, 0.2) is 73.6 Å². The van der Waals surface area contributed by atoms with Crippen molar-refractivity contribution in [2.75, 3.05) is 0 Å². The monoisotopic (exact) mass is 316 g/mol. The Bertz CT molecular complexity index is 893. The van der Waals surface area contributed by atoms with E-state index in [4.69, 9.17) is 0 Å². The van der Waals surface area contributed by atoms with E-state index in [0.29, 0.717) is 0 Å². The van der Waals surface area contributed by atoms with Crippen molar-refractivity contribution in [2.45, 2.75) is 13.0 Å². The molecule has 0 radical (unpaired) electrons. The lowest BCUT2D eigenvalue weighted by Gasteiger charge is -2.18. The standard InChI is InChI=1S/C18H16N6/c1-14-2-4-15(5-3-14)18(24-13-20-21-22-24)16-6-8-17(9-7-16)23-11-10-19-12-23/h2-13,18H,1H3. The van der Waals surface area contributed by atoms with Crippen LogP contribution in [0.25, 0.3) is 5.69 Å². The molecule has 0 aliphatic heterocycles. The van der Waals surface area contributed by atoms with Gasteiger partial charge in [0.1, 0.15) is 12.4 Å². The van der Waals surface area contributed by atoms with Gasteiger partial charge in [-0.2, -0.15) is 0 Å². The molecule has 2 aromatic heterocycles. The zero-order valence-corrected chi connectivity index (χ0v) is 13.2. The van der Waals surface area contributed by atoms with Crippen molar-refractivity contribution in [3.8, 4) is 5.69 Å². The van der Waals surface area contributed by atoms with Crippen molar-refractivity contribution in [3.63, 3.8) is 0 Å². The zero-order valence-electron chi connectivity index (χ0n) is 13.2. The van der Waals surface area contributed by atoms with Gasteiger partial charge in [0.2, 0.25) is 0 Å². The molecule has 2 aromatic carbocycles. The van der Waals surface area contributed by atoms with Crippen molar-refractivity contribution >= 4 is 0 Å². The maximum atomic E-state index is 4.10. The van der Waals surface area contributed by atoms with E-state index in [-0.39, 0.29) is 6.04 Å². The molecule has 0 bridgehead atoms. The predicted octanol–water partition coefficient (Wildman–Crippen LogP) is 2.80. The fourth-order valence-electron chi connectivity index (χ4n) is 2.77. The first kappa shape index (κ1) is 14.3. The Morgan fingerprint density at radius 2 is 1.58 bits per heavy atom. The molecule has 1 atom stereocenters. The number of aromatic nitrogens is 6. The molecule has 4 rings (SSSR count). The summed E-state index contributed by atoms with van der Waals surface area (Å²) >= 11 is 0. The van der Waals surface area contributed by atoms with Crippen molar-refractivity contribution < 1.29 is 0 Å². The molecular formula is C18H16N6. The van der Waals surface area contributed by atoms with E-state index in [1.165, 1.54) is 5.56 Å². The number of aryl methyl sites for hydroxylation is 1. The minimum atomic E-state index is -0.0579. The van der Waals surface area contributed by atoms with E-state index in [9.17, 15) is 0 Å². The van der Waals surface area contributed by atoms with Gasteiger partial charge in [-0.25, -0.2) is 9.67 Å². The number of nitrogens with zero attached hydrogens (tertiary/aromatic N) is 6. The summed E-state index contributed by atoms with van der Waals surface area (Å²) in [6, 6.07) is 16.7. The third-order valence-corrected chi connectivity index (χ3v) is 4.03. The first-order valence-electron chi connectivity index (χ1n) is 7.68. The van der Waals surface area contributed by atoms with Gasteiger partial charge >= 0.3 is 0 Å². The minimum absolute atomic E-state index is 0.0579. The summed E-state index contributed by atoms with van der Waals surface area (Å²) in [5.74, 6) is 0. The van der Waals surface area contributed by atoms with Crippen molar-refractivity contribution in [1.82, 2.24) is 29.8 Å². The molecule has 2 heterocycles. The molecule has 0 aliphatic rings. The molecule has 0 fully saturated rings.